The third kappa shape index (κ3) is 15.2. The second-order valence-electron chi connectivity index (χ2n) is 3.78. The molecule has 140 valence electrons. The Bertz CT molecular complexity index is 566. The molecule has 0 aliphatic rings. The Morgan fingerprint density at radius 1 is 1.27 bits per heavy atom. The molecule has 10 nitrogen and oxygen atoms in total. The summed E-state index contributed by atoms with van der Waals surface area (Å²) in [6, 6.07) is 3.86. The summed E-state index contributed by atoms with van der Waals surface area (Å²) in [5, 5.41) is 21.6. The van der Waals surface area contributed by atoms with Gasteiger partial charge in [0.25, 0.3) is 0 Å². The maximum atomic E-state index is 11.4. The summed E-state index contributed by atoms with van der Waals surface area (Å²) in [7, 11) is 0. The summed E-state index contributed by atoms with van der Waals surface area (Å²) in [4.78, 5) is 31.9. The van der Waals surface area contributed by atoms with Gasteiger partial charge < -0.3 is 24.1 Å². The third-order valence-corrected chi connectivity index (χ3v) is 1.99. The fourth-order valence-electron chi connectivity index (χ4n) is 1.08. The molecule has 0 saturated carbocycles. The van der Waals surface area contributed by atoms with Crippen LogP contribution in [0.25, 0.3) is 0 Å². The van der Waals surface area contributed by atoms with Gasteiger partial charge >= 0.3 is 11.9 Å². The van der Waals surface area contributed by atoms with E-state index in [1.54, 1.807) is 38.2 Å². The van der Waals surface area contributed by atoms with Crippen molar-refractivity contribution in [3.8, 4) is 12.1 Å². The van der Waals surface area contributed by atoms with Gasteiger partial charge in [-0.05, 0) is 19.9 Å². The van der Waals surface area contributed by atoms with Crippen molar-refractivity contribution in [2.24, 2.45) is 0 Å². The van der Waals surface area contributed by atoms with Gasteiger partial charge in [0, 0.05) is 12.3 Å². The molecule has 0 fully saturated rings. The molecule has 0 spiro atoms. The van der Waals surface area contributed by atoms with E-state index in [-0.39, 0.29) is 19.6 Å². The summed E-state index contributed by atoms with van der Waals surface area (Å²) < 4.78 is 13.7. The number of hydrogen-bond acceptors (Lipinski definition) is 10. The maximum absolute atomic E-state index is 11.4. The molecule has 0 aliphatic heterocycles. The van der Waals surface area contributed by atoms with Crippen LogP contribution in [0.1, 0.15) is 20.3 Å². The lowest BCUT2D eigenvalue weighted by atomic mass is 10.3. The predicted molar refractivity (Wildman–Crippen MR) is 87.7 cm³/mol. The number of carbonyl (C=O) groups is 3. The number of esters is 2. The van der Waals surface area contributed by atoms with Gasteiger partial charge in [-0.3, -0.25) is 0 Å². The molecule has 0 unspecified atom stereocenters. The molecule has 10 heteroatoms. The van der Waals surface area contributed by atoms with Gasteiger partial charge in [-0.15, -0.1) is 0 Å². The number of nitrogens with zero attached hydrogens (tertiary/aromatic N) is 3. The number of hydrogen-bond donors (Lipinski definition) is 1. The predicted octanol–water partition coefficient (Wildman–Crippen LogP) is 0.882. The highest BCUT2D eigenvalue weighted by atomic mass is 16.6. The Morgan fingerprint density at radius 3 is 2.15 bits per heavy atom. The first-order valence-corrected chi connectivity index (χ1v) is 7.37. The van der Waals surface area contributed by atoms with Gasteiger partial charge in [0.1, 0.15) is 12.5 Å². The van der Waals surface area contributed by atoms with Crippen LogP contribution in [0, 0.1) is 22.7 Å². The minimum atomic E-state index is -1.23. The molecule has 1 rings (SSSR count). The van der Waals surface area contributed by atoms with E-state index >= 15 is 0 Å². The molecule has 0 radical (unpaired) electrons. The Hall–Kier alpha value is -3.66. The first-order valence-electron chi connectivity index (χ1n) is 7.37. The number of ether oxygens (including phenoxy) is 2. The van der Waals surface area contributed by atoms with Gasteiger partial charge in [-0.2, -0.15) is 10.5 Å². The van der Waals surface area contributed by atoms with Gasteiger partial charge in [-0.25, -0.2) is 9.59 Å². The second-order valence-corrected chi connectivity index (χ2v) is 3.78. The number of aldehydes is 1. The zero-order valence-electron chi connectivity index (χ0n) is 14.5. The lowest BCUT2D eigenvalue weighted by Crippen LogP contribution is -2.43. The van der Waals surface area contributed by atoms with Crippen LogP contribution < -0.4 is 5.32 Å². The van der Waals surface area contributed by atoms with Crippen molar-refractivity contribution in [1.29, 1.82) is 10.5 Å². The first kappa shape index (κ1) is 24.6. The zero-order chi connectivity index (χ0) is 20.0. The number of allylic oxidation sites excluding steroid dienone is 1. The Labute approximate surface area is 151 Å². The van der Waals surface area contributed by atoms with Gasteiger partial charge in [0.2, 0.25) is 6.04 Å². The Kier molecular flexibility index (Phi) is 18.3. The van der Waals surface area contributed by atoms with E-state index in [1.165, 1.54) is 12.5 Å². The van der Waals surface area contributed by atoms with Crippen LogP contribution in [0.4, 0.5) is 0 Å². The molecule has 0 bridgehead atoms. The monoisotopic (exact) mass is 364 g/mol. The Balaban J connectivity index is 0. The number of carbonyl (C=O) groups excluding carboxylic acids is 3. The summed E-state index contributed by atoms with van der Waals surface area (Å²) >= 11 is 0. The zero-order valence-corrected chi connectivity index (χ0v) is 14.5. The van der Waals surface area contributed by atoms with Crippen molar-refractivity contribution < 1.29 is 28.4 Å². The van der Waals surface area contributed by atoms with E-state index in [4.69, 9.17) is 10.5 Å². The molecule has 26 heavy (non-hydrogen) atoms. The molecule has 0 saturated heterocycles. The fourth-order valence-corrected chi connectivity index (χ4v) is 1.08. The molecule has 0 aromatic carbocycles. The van der Waals surface area contributed by atoms with Crippen molar-refractivity contribution in [3.05, 3.63) is 30.8 Å². The molecular weight excluding hydrogens is 344 g/mol. The lowest BCUT2D eigenvalue weighted by Gasteiger charge is -2.13. The smallest absolute Gasteiger partial charge is 0.340 e. The third-order valence-electron chi connectivity index (χ3n) is 1.99. The standard InChI is InChI=1S/C10H14N2O4.2C3H3NO/c1-3-15-9(13)8(10(14)16-4-2)12-7-5-6-11;1-2-4-5-3-1;4-2-1-3-5/h5,7-8,12H,3-4H2,1-2H3;1-3H;3H,1H2. The second kappa shape index (κ2) is 19.4. The van der Waals surface area contributed by atoms with Crippen LogP contribution in [-0.4, -0.2) is 42.6 Å². The van der Waals surface area contributed by atoms with Crippen LogP contribution in [0.3, 0.4) is 0 Å². The van der Waals surface area contributed by atoms with Gasteiger partial charge in [0.15, 0.2) is 0 Å². The molecule has 0 amide bonds. The van der Waals surface area contributed by atoms with Crippen molar-refractivity contribution in [2.75, 3.05) is 13.2 Å². The van der Waals surface area contributed by atoms with Crippen LogP contribution in [0.5, 0.6) is 0 Å². The van der Waals surface area contributed by atoms with Crippen molar-refractivity contribution >= 4 is 18.2 Å². The van der Waals surface area contributed by atoms with Gasteiger partial charge in [0.05, 0.1) is 38.0 Å². The molecule has 1 N–H and O–H groups in total. The molecular formula is C16H20N4O6. The average Bonchev–Trinajstić information content (AvgIpc) is 3.20. The molecule has 1 aromatic rings. The van der Waals surface area contributed by atoms with E-state index in [1.807, 2.05) is 0 Å². The number of rotatable bonds is 7. The molecule has 1 heterocycles. The highest BCUT2D eigenvalue weighted by Gasteiger charge is 2.28. The van der Waals surface area contributed by atoms with Crippen molar-refractivity contribution in [1.82, 2.24) is 10.5 Å². The highest BCUT2D eigenvalue weighted by molar-refractivity contribution is 5.99. The van der Waals surface area contributed by atoms with E-state index in [0.29, 0.717) is 6.29 Å². The van der Waals surface area contributed by atoms with E-state index in [0.717, 1.165) is 6.08 Å². The minimum absolute atomic E-state index is 0.0139. The topological polar surface area (TPSA) is 155 Å². The van der Waals surface area contributed by atoms with E-state index < -0.39 is 18.0 Å². The molecule has 0 atom stereocenters. The van der Waals surface area contributed by atoms with Crippen LogP contribution in [0.15, 0.2) is 35.3 Å². The Morgan fingerprint density at radius 2 is 1.88 bits per heavy atom. The van der Waals surface area contributed by atoms with E-state index in [9.17, 15) is 14.4 Å². The van der Waals surface area contributed by atoms with Crippen LogP contribution >= 0.6 is 0 Å². The molecule has 1 aromatic heterocycles. The van der Waals surface area contributed by atoms with Gasteiger partial charge in [-0.1, -0.05) is 5.16 Å². The van der Waals surface area contributed by atoms with E-state index in [2.05, 4.69) is 24.5 Å². The summed E-state index contributed by atoms with van der Waals surface area (Å²) in [6.45, 7) is 3.59. The summed E-state index contributed by atoms with van der Waals surface area (Å²) in [5.41, 5.74) is 0. The summed E-state index contributed by atoms with van der Waals surface area (Å²) in [6.07, 6.45) is 5.98. The maximum Gasteiger partial charge on any atom is 0.340 e. The quantitative estimate of drug-likeness (QED) is 0.319. The van der Waals surface area contributed by atoms with Crippen LogP contribution in [0.2, 0.25) is 0 Å². The normalized spacial score (nSPS) is 8.65. The summed E-state index contributed by atoms with van der Waals surface area (Å²) in [5.74, 6) is -1.47. The fraction of sp³-hybridized carbons (Fsp3) is 0.375. The van der Waals surface area contributed by atoms with Crippen molar-refractivity contribution in [3.63, 3.8) is 0 Å². The largest absolute Gasteiger partial charge is 0.464 e. The average molecular weight is 364 g/mol. The molecule has 0 aliphatic carbocycles. The number of aromatic nitrogens is 1. The van der Waals surface area contributed by atoms with Crippen LogP contribution in [-0.2, 0) is 23.9 Å². The SMILES string of the molecule is CCOC(=O)C(NC=CC#N)C(=O)OCC.N#CCC=O.c1cnoc1. The number of nitriles is 2. The highest BCUT2D eigenvalue weighted by Crippen LogP contribution is 1.94. The first-order chi connectivity index (χ1) is 12.6. The number of nitrogens with one attached hydrogen (secondary N) is 1. The lowest BCUT2D eigenvalue weighted by molar-refractivity contribution is -0.157. The van der Waals surface area contributed by atoms with Crippen molar-refractivity contribution in [2.45, 2.75) is 26.3 Å². The minimum Gasteiger partial charge on any atom is -0.464 e.